The quantitative estimate of drug-likeness (QED) is 0.360. The number of rotatable bonds is 4. The summed E-state index contributed by atoms with van der Waals surface area (Å²) in [5.74, 6) is -0.880. The molecule has 2 aromatic carbocycles. The van der Waals surface area contributed by atoms with E-state index in [0.717, 1.165) is 32.7 Å². The van der Waals surface area contributed by atoms with Gasteiger partial charge in [-0.15, -0.1) is 0 Å². The van der Waals surface area contributed by atoms with Crippen LogP contribution in [-0.4, -0.2) is 43.3 Å². The number of alkyl halides is 3. The number of halogens is 3. The van der Waals surface area contributed by atoms with Gasteiger partial charge in [-0.3, -0.25) is 4.79 Å². The molecule has 1 aliphatic heterocycles. The molecule has 2 aromatic heterocycles. The van der Waals surface area contributed by atoms with Crippen LogP contribution in [0.3, 0.4) is 0 Å². The number of benzene rings is 2. The third kappa shape index (κ3) is 4.42. The summed E-state index contributed by atoms with van der Waals surface area (Å²) in [7, 11) is 1.79. The van der Waals surface area contributed by atoms with Crippen LogP contribution < -0.4 is 10.6 Å². The summed E-state index contributed by atoms with van der Waals surface area (Å²) in [6.45, 7) is 7.31. The Morgan fingerprint density at radius 1 is 1.08 bits per heavy atom. The average molecular weight is 524 g/mol. The zero-order valence-electron chi connectivity index (χ0n) is 21.7. The standard InChI is InChI=1S/C27H28F3N7O/c1-15-7-6-8-16(2)21(15)33-22-19-14-31-25(34-23(19)36(5)35-22)32-18-10-9-17-11-12-37(24(38)27(28,29)30)26(3,4)20(17)13-18/h6-10,13-14H,11-12H2,1-5H3,(H,33,35)(H,31,32,34). The van der Waals surface area contributed by atoms with E-state index in [0.29, 0.717) is 35.1 Å². The second kappa shape index (κ2) is 9.00. The Balaban J connectivity index is 1.43. The van der Waals surface area contributed by atoms with Crippen LogP contribution >= 0.6 is 0 Å². The fourth-order valence-corrected chi connectivity index (χ4v) is 5.06. The van der Waals surface area contributed by atoms with Crippen molar-refractivity contribution in [2.45, 2.75) is 45.8 Å². The van der Waals surface area contributed by atoms with Gasteiger partial charge in [0.1, 0.15) is 0 Å². The largest absolute Gasteiger partial charge is 0.471 e. The Hall–Kier alpha value is -4.15. The normalized spacial score (nSPS) is 14.9. The first-order valence-electron chi connectivity index (χ1n) is 12.2. The predicted octanol–water partition coefficient (Wildman–Crippen LogP) is 5.65. The van der Waals surface area contributed by atoms with Crippen molar-refractivity contribution in [2.24, 2.45) is 7.05 Å². The highest BCUT2D eigenvalue weighted by Crippen LogP contribution is 2.39. The van der Waals surface area contributed by atoms with Gasteiger partial charge in [0.25, 0.3) is 0 Å². The summed E-state index contributed by atoms with van der Waals surface area (Å²) >= 11 is 0. The molecular formula is C27H28F3N7O. The van der Waals surface area contributed by atoms with Gasteiger partial charge in [-0.2, -0.15) is 23.3 Å². The topological polar surface area (TPSA) is 88.0 Å². The van der Waals surface area contributed by atoms with Gasteiger partial charge >= 0.3 is 12.1 Å². The van der Waals surface area contributed by atoms with Gasteiger partial charge in [-0.1, -0.05) is 24.3 Å². The maximum Gasteiger partial charge on any atom is 0.471 e. The molecule has 4 aromatic rings. The Morgan fingerprint density at radius 2 is 1.79 bits per heavy atom. The van der Waals surface area contributed by atoms with Crippen LogP contribution in [0.25, 0.3) is 11.0 Å². The third-order valence-corrected chi connectivity index (χ3v) is 7.10. The first-order chi connectivity index (χ1) is 17.9. The van der Waals surface area contributed by atoms with E-state index in [2.05, 4.69) is 25.7 Å². The zero-order chi connectivity index (χ0) is 27.4. The van der Waals surface area contributed by atoms with Gasteiger partial charge in [0.05, 0.1) is 10.9 Å². The van der Waals surface area contributed by atoms with Crippen molar-refractivity contribution < 1.29 is 18.0 Å². The average Bonchev–Trinajstić information content (AvgIpc) is 3.15. The molecule has 0 spiro atoms. The number of aromatic nitrogens is 4. The zero-order valence-corrected chi connectivity index (χ0v) is 21.7. The second-order valence-electron chi connectivity index (χ2n) is 10.1. The summed E-state index contributed by atoms with van der Waals surface area (Å²) < 4.78 is 41.3. The van der Waals surface area contributed by atoms with Crippen LogP contribution in [0.1, 0.15) is 36.1 Å². The van der Waals surface area contributed by atoms with Crippen LogP contribution in [0.5, 0.6) is 0 Å². The van der Waals surface area contributed by atoms with Crippen molar-refractivity contribution in [3.05, 3.63) is 64.8 Å². The summed E-state index contributed by atoms with van der Waals surface area (Å²) in [5.41, 5.74) is 4.78. The number of para-hydroxylation sites is 1. The minimum atomic E-state index is -4.93. The van der Waals surface area contributed by atoms with Crippen molar-refractivity contribution in [3.63, 3.8) is 0 Å². The number of anilines is 4. The smallest absolute Gasteiger partial charge is 0.338 e. The molecule has 38 heavy (non-hydrogen) atoms. The molecule has 1 amide bonds. The summed E-state index contributed by atoms with van der Waals surface area (Å²) in [6, 6.07) is 11.5. The van der Waals surface area contributed by atoms with Crippen LogP contribution in [0, 0.1) is 13.8 Å². The number of fused-ring (bicyclic) bond motifs is 2. The Labute approximate surface area is 217 Å². The van der Waals surface area contributed by atoms with Crippen molar-refractivity contribution in [3.8, 4) is 0 Å². The molecular weight excluding hydrogens is 495 g/mol. The maximum atomic E-state index is 13.2. The lowest BCUT2D eigenvalue weighted by atomic mass is 9.83. The Kier molecular flexibility index (Phi) is 6.04. The van der Waals surface area contributed by atoms with Crippen LogP contribution in [0.4, 0.5) is 36.3 Å². The van der Waals surface area contributed by atoms with Gasteiger partial charge in [0.15, 0.2) is 11.5 Å². The monoisotopic (exact) mass is 523 g/mol. The first kappa shape index (κ1) is 25.5. The molecule has 3 heterocycles. The highest BCUT2D eigenvalue weighted by molar-refractivity contribution is 5.90. The number of amides is 1. The fraction of sp³-hybridized carbons (Fsp3) is 0.333. The molecule has 0 aliphatic carbocycles. The molecule has 8 nitrogen and oxygen atoms in total. The Bertz CT molecular complexity index is 1540. The van der Waals surface area contributed by atoms with Crippen molar-refractivity contribution in [1.82, 2.24) is 24.6 Å². The molecule has 198 valence electrons. The van der Waals surface area contributed by atoms with Gasteiger partial charge in [0, 0.05) is 31.2 Å². The van der Waals surface area contributed by atoms with E-state index in [4.69, 9.17) is 0 Å². The summed E-state index contributed by atoms with van der Waals surface area (Å²) in [4.78, 5) is 22.1. The number of nitrogens with zero attached hydrogens (tertiary/aromatic N) is 5. The van der Waals surface area contributed by atoms with Gasteiger partial charge in [-0.05, 0) is 68.5 Å². The highest BCUT2D eigenvalue weighted by atomic mass is 19.4. The summed E-state index contributed by atoms with van der Waals surface area (Å²) in [6.07, 6.45) is -2.91. The van der Waals surface area contributed by atoms with Crippen LogP contribution in [0.2, 0.25) is 0 Å². The lowest BCUT2D eigenvalue weighted by molar-refractivity contribution is -0.191. The number of carbonyl (C=O) groups excluding carboxylic acids is 1. The molecule has 0 bridgehead atoms. The third-order valence-electron chi connectivity index (χ3n) is 7.10. The molecule has 0 radical (unpaired) electrons. The molecule has 0 unspecified atom stereocenters. The van der Waals surface area contributed by atoms with E-state index in [1.165, 1.54) is 0 Å². The predicted molar refractivity (Wildman–Crippen MR) is 140 cm³/mol. The molecule has 0 atom stereocenters. The van der Waals surface area contributed by atoms with Crippen LogP contribution in [0.15, 0.2) is 42.6 Å². The first-order valence-corrected chi connectivity index (χ1v) is 12.2. The molecule has 0 saturated heterocycles. The molecule has 0 saturated carbocycles. The minimum absolute atomic E-state index is 0.00376. The number of nitrogens with one attached hydrogen (secondary N) is 2. The molecule has 0 fully saturated rings. The fourth-order valence-electron chi connectivity index (χ4n) is 5.06. The van der Waals surface area contributed by atoms with E-state index in [-0.39, 0.29) is 6.54 Å². The van der Waals surface area contributed by atoms with Gasteiger partial charge in [0.2, 0.25) is 5.95 Å². The summed E-state index contributed by atoms with van der Waals surface area (Å²) in [5, 5.41) is 11.9. The van der Waals surface area contributed by atoms with E-state index in [1.54, 1.807) is 37.8 Å². The molecule has 5 rings (SSSR count). The maximum absolute atomic E-state index is 13.2. The highest BCUT2D eigenvalue weighted by Gasteiger charge is 2.49. The van der Waals surface area contributed by atoms with Crippen molar-refractivity contribution in [1.29, 1.82) is 0 Å². The van der Waals surface area contributed by atoms with Gasteiger partial charge < -0.3 is 15.5 Å². The molecule has 11 heteroatoms. The minimum Gasteiger partial charge on any atom is -0.338 e. The van der Waals surface area contributed by atoms with E-state index in [9.17, 15) is 18.0 Å². The second-order valence-corrected chi connectivity index (χ2v) is 10.1. The van der Waals surface area contributed by atoms with Gasteiger partial charge in [-0.25, -0.2) is 9.67 Å². The van der Waals surface area contributed by atoms with E-state index in [1.807, 2.05) is 44.2 Å². The van der Waals surface area contributed by atoms with E-state index < -0.39 is 17.6 Å². The number of hydrogen-bond donors (Lipinski definition) is 2. The number of hydrogen-bond acceptors (Lipinski definition) is 6. The number of aryl methyl sites for hydroxylation is 3. The SMILES string of the molecule is Cc1cccc(C)c1Nc1nn(C)c2nc(Nc3ccc4c(c3)C(C)(C)N(C(=O)C(F)(F)F)CC4)ncc12. The number of carbonyl (C=O) groups is 1. The lowest BCUT2D eigenvalue weighted by Gasteiger charge is -2.44. The van der Waals surface area contributed by atoms with Crippen LogP contribution in [-0.2, 0) is 23.8 Å². The molecule has 1 aliphatic rings. The van der Waals surface area contributed by atoms with Crippen molar-refractivity contribution >= 4 is 40.1 Å². The van der Waals surface area contributed by atoms with E-state index >= 15 is 0 Å². The molecule has 2 N–H and O–H groups in total. The van der Waals surface area contributed by atoms with Crippen molar-refractivity contribution in [2.75, 3.05) is 17.2 Å². The Morgan fingerprint density at radius 3 is 2.47 bits per heavy atom. The lowest BCUT2D eigenvalue weighted by Crippen LogP contribution is -2.54.